The predicted molar refractivity (Wildman–Crippen MR) is 92.4 cm³/mol. The van der Waals surface area contributed by atoms with Crippen LogP contribution in [-0.4, -0.2) is 75.8 Å². The molecule has 0 aromatic heterocycles. The Morgan fingerprint density at radius 1 is 1.36 bits per heavy atom. The van der Waals surface area contributed by atoms with Gasteiger partial charge in [-0.2, -0.15) is 0 Å². The zero-order valence-electron chi connectivity index (χ0n) is 14.9. The Kier molecular flexibility index (Phi) is 6.50. The molecule has 128 valence electrons. The van der Waals surface area contributed by atoms with Crippen LogP contribution in [0.5, 0.6) is 0 Å². The van der Waals surface area contributed by atoms with Crippen molar-refractivity contribution < 1.29 is 4.74 Å². The first-order chi connectivity index (χ1) is 10.6. The van der Waals surface area contributed by atoms with Crippen molar-refractivity contribution in [3.8, 4) is 0 Å². The van der Waals surface area contributed by atoms with E-state index in [1.54, 1.807) is 0 Å². The molecule has 2 aliphatic rings. The first-order valence-electron chi connectivity index (χ1n) is 8.80. The summed E-state index contributed by atoms with van der Waals surface area (Å²) in [6.07, 6.45) is 6.87. The van der Waals surface area contributed by atoms with Gasteiger partial charge in [0.1, 0.15) is 0 Å². The molecule has 22 heavy (non-hydrogen) atoms. The summed E-state index contributed by atoms with van der Waals surface area (Å²) in [4.78, 5) is 9.14. The summed E-state index contributed by atoms with van der Waals surface area (Å²) in [5.41, 5.74) is 0.613. The standard InChI is InChI=1S/C17H34N4O/c1-5-22-15(7-11-20(3)4)13-19-16(18-2)21-12-10-17(14-21)8-6-9-17/h15H,5-14H2,1-4H3,(H,18,19). The molecule has 1 unspecified atom stereocenters. The Morgan fingerprint density at radius 2 is 2.14 bits per heavy atom. The van der Waals surface area contributed by atoms with Crippen LogP contribution in [0.25, 0.3) is 0 Å². The SMILES string of the molecule is CCOC(CCN(C)C)CNC(=NC)N1CCC2(CCC2)C1. The lowest BCUT2D eigenvalue weighted by Gasteiger charge is -2.38. The lowest BCUT2D eigenvalue weighted by atomic mass is 9.68. The summed E-state index contributed by atoms with van der Waals surface area (Å²) in [6, 6.07) is 0. The largest absolute Gasteiger partial charge is 0.377 e. The summed E-state index contributed by atoms with van der Waals surface area (Å²) >= 11 is 0. The molecule has 0 aromatic rings. The number of likely N-dealkylation sites (tertiary alicyclic amines) is 1. The molecule has 0 aromatic carbocycles. The number of hydrogen-bond acceptors (Lipinski definition) is 3. The number of nitrogens with one attached hydrogen (secondary N) is 1. The van der Waals surface area contributed by atoms with E-state index >= 15 is 0 Å². The normalized spacial score (nSPS) is 22.2. The lowest BCUT2D eigenvalue weighted by molar-refractivity contribution is 0.0543. The van der Waals surface area contributed by atoms with Gasteiger partial charge in [-0.15, -0.1) is 0 Å². The number of nitrogens with zero attached hydrogens (tertiary/aromatic N) is 3. The molecule has 1 saturated carbocycles. The van der Waals surface area contributed by atoms with Crippen molar-refractivity contribution >= 4 is 5.96 Å². The van der Waals surface area contributed by atoms with E-state index in [4.69, 9.17) is 4.74 Å². The molecule has 5 heteroatoms. The second-order valence-electron chi connectivity index (χ2n) is 7.12. The molecule has 1 heterocycles. The van der Waals surface area contributed by atoms with Crippen LogP contribution in [0, 0.1) is 5.41 Å². The Hall–Kier alpha value is -0.810. The van der Waals surface area contributed by atoms with Crippen molar-refractivity contribution in [1.82, 2.24) is 15.1 Å². The highest BCUT2D eigenvalue weighted by molar-refractivity contribution is 5.80. The second-order valence-corrected chi connectivity index (χ2v) is 7.12. The van der Waals surface area contributed by atoms with Gasteiger partial charge in [0.2, 0.25) is 0 Å². The van der Waals surface area contributed by atoms with Gasteiger partial charge in [-0.05, 0) is 52.1 Å². The minimum Gasteiger partial charge on any atom is -0.377 e. The molecule has 0 amide bonds. The molecule has 1 aliphatic heterocycles. The van der Waals surface area contributed by atoms with Gasteiger partial charge in [0, 0.05) is 39.8 Å². The maximum atomic E-state index is 5.86. The van der Waals surface area contributed by atoms with Gasteiger partial charge >= 0.3 is 0 Å². The molecule has 1 N–H and O–H groups in total. The quantitative estimate of drug-likeness (QED) is 0.575. The lowest BCUT2D eigenvalue weighted by Crippen LogP contribution is -2.45. The van der Waals surface area contributed by atoms with Crippen LogP contribution < -0.4 is 5.32 Å². The van der Waals surface area contributed by atoms with E-state index in [2.05, 4.69) is 41.1 Å². The van der Waals surface area contributed by atoms with Crippen molar-refractivity contribution in [1.29, 1.82) is 0 Å². The van der Waals surface area contributed by atoms with Crippen LogP contribution in [0.3, 0.4) is 0 Å². The highest BCUT2D eigenvalue weighted by Crippen LogP contribution is 2.47. The zero-order valence-corrected chi connectivity index (χ0v) is 14.9. The number of hydrogen-bond donors (Lipinski definition) is 1. The molecule has 1 spiro atoms. The third-order valence-corrected chi connectivity index (χ3v) is 5.15. The minimum atomic E-state index is 0.254. The third-order valence-electron chi connectivity index (χ3n) is 5.15. The van der Waals surface area contributed by atoms with Gasteiger partial charge in [-0.3, -0.25) is 4.99 Å². The van der Waals surface area contributed by atoms with Crippen molar-refractivity contribution in [2.75, 3.05) is 53.9 Å². The fourth-order valence-electron chi connectivity index (χ4n) is 3.62. The molecule has 1 atom stereocenters. The van der Waals surface area contributed by atoms with E-state index in [-0.39, 0.29) is 6.10 Å². The average molecular weight is 310 g/mol. The first-order valence-corrected chi connectivity index (χ1v) is 8.80. The van der Waals surface area contributed by atoms with E-state index in [1.165, 1.54) is 32.2 Å². The third kappa shape index (κ3) is 4.59. The molecule has 2 fully saturated rings. The van der Waals surface area contributed by atoms with E-state index in [0.717, 1.165) is 38.6 Å². The summed E-state index contributed by atoms with van der Waals surface area (Å²) < 4.78 is 5.86. The molecule has 0 radical (unpaired) electrons. The van der Waals surface area contributed by atoms with Crippen LogP contribution in [0.4, 0.5) is 0 Å². The number of guanidine groups is 1. The fourth-order valence-corrected chi connectivity index (χ4v) is 3.62. The number of aliphatic imine (C=N–C) groups is 1. The second kappa shape index (κ2) is 8.16. The maximum absolute atomic E-state index is 5.86. The summed E-state index contributed by atoms with van der Waals surface area (Å²) in [5, 5.41) is 3.54. The summed E-state index contributed by atoms with van der Waals surface area (Å²) in [5.74, 6) is 1.05. The number of rotatable bonds is 7. The topological polar surface area (TPSA) is 40.1 Å². The van der Waals surface area contributed by atoms with Gasteiger partial charge in [-0.25, -0.2) is 0 Å². The van der Waals surface area contributed by atoms with Crippen LogP contribution in [0.2, 0.25) is 0 Å². The van der Waals surface area contributed by atoms with Gasteiger partial charge < -0.3 is 19.9 Å². The van der Waals surface area contributed by atoms with Crippen molar-refractivity contribution in [2.24, 2.45) is 10.4 Å². The molecule has 1 aliphatic carbocycles. The molecule has 0 bridgehead atoms. The molecular formula is C17H34N4O. The van der Waals surface area contributed by atoms with Gasteiger partial charge in [0.05, 0.1) is 6.10 Å². The monoisotopic (exact) mass is 310 g/mol. The Balaban J connectivity index is 1.79. The smallest absolute Gasteiger partial charge is 0.193 e. The van der Waals surface area contributed by atoms with E-state index in [9.17, 15) is 0 Å². The molecular weight excluding hydrogens is 276 g/mol. The Labute approximate surface area is 136 Å². The summed E-state index contributed by atoms with van der Waals surface area (Å²) in [7, 11) is 6.11. The van der Waals surface area contributed by atoms with E-state index in [1.807, 2.05) is 7.05 Å². The number of ether oxygens (including phenoxy) is 1. The zero-order chi connectivity index (χ0) is 16.0. The van der Waals surface area contributed by atoms with Crippen LogP contribution in [0.1, 0.15) is 39.0 Å². The van der Waals surface area contributed by atoms with E-state index in [0.29, 0.717) is 5.41 Å². The van der Waals surface area contributed by atoms with E-state index < -0.39 is 0 Å². The average Bonchev–Trinajstić information content (AvgIpc) is 2.90. The van der Waals surface area contributed by atoms with Crippen molar-refractivity contribution in [2.45, 2.75) is 45.1 Å². The van der Waals surface area contributed by atoms with Gasteiger partial charge in [0.15, 0.2) is 5.96 Å². The molecule has 2 rings (SSSR count). The first kappa shape index (κ1) is 17.5. The van der Waals surface area contributed by atoms with Crippen LogP contribution in [0.15, 0.2) is 4.99 Å². The van der Waals surface area contributed by atoms with Crippen LogP contribution in [-0.2, 0) is 4.74 Å². The maximum Gasteiger partial charge on any atom is 0.193 e. The highest BCUT2D eigenvalue weighted by atomic mass is 16.5. The molecule has 1 saturated heterocycles. The van der Waals surface area contributed by atoms with Crippen LogP contribution >= 0.6 is 0 Å². The Morgan fingerprint density at radius 3 is 2.64 bits per heavy atom. The minimum absolute atomic E-state index is 0.254. The summed E-state index contributed by atoms with van der Waals surface area (Å²) in [6.45, 7) is 7.07. The fraction of sp³-hybridized carbons (Fsp3) is 0.941. The highest BCUT2D eigenvalue weighted by Gasteiger charge is 2.43. The van der Waals surface area contributed by atoms with Gasteiger partial charge in [0.25, 0.3) is 0 Å². The Bertz CT molecular complexity index is 366. The van der Waals surface area contributed by atoms with Crippen molar-refractivity contribution in [3.05, 3.63) is 0 Å². The molecule has 5 nitrogen and oxygen atoms in total. The van der Waals surface area contributed by atoms with Gasteiger partial charge in [-0.1, -0.05) is 6.42 Å². The predicted octanol–water partition coefficient (Wildman–Crippen LogP) is 1.79. The van der Waals surface area contributed by atoms with Crippen molar-refractivity contribution in [3.63, 3.8) is 0 Å².